The van der Waals surface area contributed by atoms with Crippen LogP contribution in [0.3, 0.4) is 0 Å². The molecule has 1 aromatic carbocycles. The van der Waals surface area contributed by atoms with Crippen LogP contribution >= 0.6 is 11.8 Å². The monoisotopic (exact) mass is 357 g/mol. The molecule has 0 bridgehead atoms. The lowest BCUT2D eigenvalue weighted by Crippen LogP contribution is -2.33. The van der Waals surface area contributed by atoms with Gasteiger partial charge in [-0.05, 0) is 50.7 Å². The molecule has 0 saturated carbocycles. The zero-order valence-electron chi connectivity index (χ0n) is 15.3. The number of amides is 1. The number of fused-ring (bicyclic) bond motifs is 1. The Morgan fingerprint density at radius 1 is 1.20 bits per heavy atom. The van der Waals surface area contributed by atoms with Crippen molar-refractivity contribution in [3.05, 3.63) is 41.7 Å². The van der Waals surface area contributed by atoms with Crippen molar-refractivity contribution >= 4 is 17.7 Å². The maximum Gasteiger partial charge on any atom is 0.233 e. The molecule has 4 nitrogen and oxygen atoms in total. The second-order valence-electron chi connectivity index (χ2n) is 7.06. The third kappa shape index (κ3) is 4.27. The number of carbonyl (C=O) groups excluding carboxylic acids is 1. The number of rotatable bonds is 6. The van der Waals surface area contributed by atoms with E-state index in [1.165, 1.54) is 24.2 Å². The fourth-order valence-electron chi connectivity index (χ4n) is 3.10. The molecule has 0 saturated heterocycles. The van der Waals surface area contributed by atoms with Gasteiger partial charge in [-0.15, -0.1) is 0 Å². The van der Waals surface area contributed by atoms with Crippen LogP contribution in [0, 0.1) is 5.92 Å². The standard InChI is InChI=1S/C20H27N3OS/c1-14(2)13-21-19(24)15(3)25-20-22-17-11-7-8-12-18(17)23(20)16-9-5-4-6-10-16/h4-6,9-10,14-15H,7-8,11-13H2,1-3H3,(H,21,24)/t15-/m0/s1. The zero-order valence-corrected chi connectivity index (χ0v) is 16.1. The Balaban J connectivity index is 1.86. The smallest absolute Gasteiger partial charge is 0.233 e. The van der Waals surface area contributed by atoms with Crippen LogP contribution in [0.2, 0.25) is 0 Å². The van der Waals surface area contributed by atoms with Gasteiger partial charge in [0.15, 0.2) is 5.16 Å². The quantitative estimate of drug-likeness (QED) is 0.795. The fourth-order valence-corrected chi connectivity index (χ4v) is 4.09. The van der Waals surface area contributed by atoms with Gasteiger partial charge in [0.25, 0.3) is 0 Å². The molecule has 5 heteroatoms. The van der Waals surface area contributed by atoms with Gasteiger partial charge in [0.2, 0.25) is 5.91 Å². The number of hydrogen-bond donors (Lipinski definition) is 1. The summed E-state index contributed by atoms with van der Waals surface area (Å²) in [5.41, 5.74) is 3.65. The van der Waals surface area contributed by atoms with E-state index in [9.17, 15) is 4.79 Å². The Bertz CT molecular complexity index is 724. The number of nitrogens with zero attached hydrogens (tertiary/aromatic N) is 2. The van der Waals surface area contributed by atoms with Crippen LogP contribution in [0.25, 0.3) is 5.69 Å². The number of aryl methyl sites for hydroxylation is 1. The van der Waals surface area contributed by atoms with E-state index >= 15 is 0 Å². The molecule has 1 amide bonds. The summed E-state index contributed by atoms with van der Waals surface area (Å²) in [5, 5.41) is 3.80. The third-order valence-corrected chi connectivity index (χ3v) is 5.50. The van der Waals surface area contributed by atoms with Gasteiger partial charge in [0, 0.05) is 17.9 Å². The summed E-state index contributed by atoms with van der Waals surface area (Å²) in [6.45, 7) is 6.89. The van der Waals surface area contributed by atoms with Gasteiger partial charge in [-0.3, -0.25) is 9.36 Å². The van der Waals surface area contributed by atoms with Crippen LogP contribution in [-0.4, -0.2) is 27.3 Å². The van der Waals surface area contributed by atoms with Gasteiger partial charge in [-0.25, -0.2) is 4.98 Å². The maximum atomic E-state index is 12.4. The SMILES string of the molecule is CC(C)CNC(=O)[C@H](C)Sc1nc2c(n1-c1ccccc1)CCCC2. The molecular formula is C20H27N3OS. The lowest BCUT2D eigenvalue weighted by Gasteiger charge is -2.17. The van der Waals surface area contributed by atoms with E-state index in [-0.39, 0.29) is 11.2 Å². The molecular weight excluding hydrogens is 330 g/mol. The van der Waals surface area contributed by atoms with Gasteiger partial charge in [-0.2, -0.15) is 0 Å². The van der Waals surface area contributed by atoms with Gasteiger partial charge in [-0.1, -0.05) is 43.8 Å². The first kappa shape index (κ1) is 18.1. The largest absolute Gasteiger partial charge is 0.355 e. The predicted molar refractivity (Wildman–Crippen MR) is 103 cm³/mol. The fraction of sp³-hybridized carbons (Fsp3) is 0.500. The number of carbonyl (C=O) groups is 1. The molecule has 1 aromatic heterocycles. The topological polar surface area (TPSA) is 46.9 Å². The van der Waals surface area contributed by atoms with Crippen LogP contribution in [0.15, 0.2) is 35.5 Å². The molecule has 0 radical (unpaired) electrons. The zero-order chi connectivity index (χ0) is 17.8. The second-order valence-corrected chi connectivity index (χ2v) is 8.37. The minimum absolute atomic E-state index is 0.0827. The van der Waals surface area contributed by atoms with Crippen molar-refractivity contribution in [2.24, 2.45) is 5.92 Å². The average Bonchev–Trinajstić information content (AvgIpc) is 2.98. The summed E-state index contributed by atoms with van der Waals surface area (Å²) in [7, 11) is 0. The number of imidazole rings is 1. The summed E-state index contributed by atoms with van der Waals surface area (Å²) in [6.07, 6.45) is 4.51. The Morgan fingerprint density at radius 3 is 2.64 bits per heavy atom. The van der Waals surface area contributed by atoms with Crippen molar-refractivity contribution in [3.63, 3.8) is 0 Å². The Kier molecular flexibility index (Phi) is 5.84. The predicted octanol–water partition coefficient (Wildman–Crippen LogP) is 4.00. The van der Waals surface area contributed by atoms with Gasteiger partial charge >= 0.3 is 0 Å². The second kappa shape index (κ2) is 8.09. The van der Waals surface area contributed by atoms with Crippen molar-refractivity contribution < 1.29 is 4.79 Å². The molecule has 1 aliphatic rings. The molecule has 0 spiro atoms. The average molecular weight is 358 g/mol. The minimum Gasteiger partial charge on any atom is -0.355 e. The van der Waals surface area contributed by atoms with Crippen LogP contribution < -0.4 is 5.32 Å². The maximum absolute atomic E-state index is 12.4. The first-order chi connectivity index (χ1) is 12.1. The number of aromatic nitrogens is 2. The molecule has 1 atom stereocenters. The lowest BCUT2D eigenvalue weighted by molar-refractivity contribution is -0.120. The van der Waals surface area contributed by atoms with Crippen molar-refractivity contribution in [1.29, 1.82) is 0 Å². The van der Waals surface area contributed by atoms with Crippen molar-refractivity contribution in [2.75, 3.05) is 6.54 Å². The van der Waals surface area contributed by atoms with E-state index in [2.05, 4.69) is 48.0 Å². The van der Waals surface area contributed by atoms with Gasteiger partial charge < -0.3 is 5.32 Å². The van der Waals surface area contributed by atoms with Crippen LogP contribution in [0.5, 0.6) is 0 Å². The summed E-state index contributed by atoms with van der Waals surface area (Å²) < 4.78 is 2.26. The van der Waals surface area contributed by atoms with Crippen molar-refractivity contribution in [2.45, 2.75) is 56.9 Å². The molecule has 2 aromatic rings. The van der Waals surface area contributed by atoms with E-state index in [0.29, 0.717) is 12.5 Å². The molecule has 0 unspecified atom stereocenters. The number of para-hydroxylation sites is 1. The van der Waals surface area contributed by atoms with Gasteiger partial charge in [0.05, 0.1) is 10.9 Å². The Morgan fingerprint density at radius 2 is 1.92 bits per heavy atom. The number of hydrogen-bond acceptors (Lipinski definition) is 3. The molecule has 0 fully saturated rings. The van der Waals surface area contributed by atoms with Crippen LogP contribution in [0.4, 0.5) is 0 Å². The normalized spacial score (nSPS) is 15.0. The van der Waals surface area contributed by atoms with E-state index in [0.717, 1.165) is 23.7 Å². The van der Waals surface area contributed by atoms with Crippen molar-refractivity contribution in [3.8, 4) is 5.69 Å². The first-order valence-electron chi connectivity index (χ1n) is 9.16. The number of nitrogens with one attached hydrogen (secondary N) is 1. The summed E-state index contributed by atoms with van der Waals surface area (Å²) in [4.78, 5) is 17.3. The molecule has 1 aliphatic carbocycles. The van der Waals surface area contributed by atoms with E-state index in [1.54, 1.807) is 11.8 Å². The molecule has 1 heterocycles. The summed E-state index contributed by atoms with van der Waals surface area (Å²) in [6, 6.07) is 10.4. The van der Waals surface area contributed by atoms with Crippen LogP contribution in [0.1, 0.15) is 45.0 Å². The first-order valence-corrected chi connectivity index (χ1v) is 10.0. The van der Waals surface area contributed by atoms with Gasteiger partial charge in [0.1, 0.15) is 0 Å². The summed E-state index contributed by atoms with van der Waals surface area (Å²) >= 11 is 1.56. The highest BCUT2D eigenvalue weighted by molar-refractivity contribution is 8.00. The molecule has 0 aliphatic heterocycles. The minimum atomic E-state index is -0.162. The van der Waals surface area contributed by atoms with E-state index < -0.39 is 0 Å². The Labute approximate surface area is 154 Å². The van der Waals surface area contributed by atoms with Crippen LogP contribution in [-0.2, 0) is 17.6 Å². The van der Waals surface area contributed by atoms with Crippen molar-refractivity contribution in [1.82, 2.24) is 14.9 Å². The number of benzene rings is 1. The summed E-state index contributed by atoms with van der Waals surface area (Å²) in [5.74, 6) is 0.541. The molecule has 134 valence electrons. The highest BCUT2D eigenvalue weighted by atomic mass is 32.2. The molecule has 3 rings (SSSR count). The van der Waals surface area contributed by atoms with E-state index in [1.807, 2.05) is 13.0 Å². The lowest BCUT2D eigenvalue weighted by atomic mass is 10.0. The Hall–Kier alpha value is -1.75. The molecule has 1 N–H and O–H groups in total. The molecule has 25 heavy (non-hydrogen) atoms. The number of thioether (sulfide) groups is 1. The van der Waals surface area contributed by atoms with E-state index in [4.69, 9.17) is 4.98 Å². The third-order valence-electron chi connectivity index (χ3n) is 4.45. The highest BCUT2D eigenvalue weighted by Gasteiger charge is 2.24. The highest BCUT2D eigenvalue weighted by Crippen LogP contribution is 2.32.